The number of hydrazine groups is 1. The SMILES string of the molecule is CC(C)C(NC(=O)c1cccs1)C(=O)NNC(=O)CC1CCS(=O)(=O)C1. The van der Waals surface area contributed by atoms with Crippen LogP contribution < -0.4 is 16.2 Å². The molecule has 2 heterocycles. The van der Waals surface area contributed by atoms with Crippen molar-refractivity contribution in [3.63, 3.8) is 0 Å². The van der Waals surface area contributed by atoms with Crippen LogP contribution in [0.3, 0.4) is 0 Å². The van der Waals surface area contributed by atoms with Gasteiger partial charge in [-0.25, -0.2) is 8.42 Å². The number of amides is 3. The Morgan fingerprint density at radius 1 is 1.27 bits per heavy atom. The number of carbonyl (C=O) groups excluding carboxylic acids is 3. The fraction of sp³-hybridized carbons (Fsp3) is 0.562. The van der Waals surface area contributed by atoms with Gasteiger partial charge in [0, 0.05) is 6.42 Å². The molecule has 10 heteroatoms. The van der Waals surface area contributed by atoms with Crippen LogP contribution in [0.25, 0.3) is 0 Å². The molecule has 0 saturated carbocycles. The molecule has 3 amide bonds. The molecular weight excluding hydrogens is 378 g/mol. The summed E-state index contributed by atoms with van der Waals surface area (Å²) in [5, 5.41) is 4.42. The van der Waals surface area contributed by atoms with Gasteiger partial charge in [-0.15, -0.1) is 11.3 Å². The van der Waals surface area contributed by atoms with E-state index in [1.54, 1.807) is 31.4 Å². The van der Waals surface area contributed by atoms with Gasteiger partial charge in [0.05, 0.1) is 16.4 Å². The van der Waals surface area contributed by atoms with E-state index in [9.17, 15) is 22.8 Å². The zero-order chi connectivity index (χ0) is 19.3. The van der Waals surface area contributed by atoms with Gasteiger partial charge >= 0.3 is 0 Å². The zero-order valence-electron chi connectivity index (χ0n) is 14.7. The maximum absolute atomic E-state index is 12.3. The molecule has 1 fully saturated rings. The third-order valence-electron chi connectivity index (χ3n) is 4.11. The van der Waals surface area contributed by atoms with E-state index in [1.165, 1.54) is 11.3 Å². The van der Waals surface area contributed by atoms with E-state index >= 15 is 0 Å². The summed E-state index contributed by atoms with van der Waals surface area (Å²) in [6, 6.07) is 2.59. The van der Waals surface area contributed by atoms with Gasteiger partial charge in [0.2, 0.25) is 5.91 Å². The molecule has 2 atom stereocenters. The molecule has 1 aliphatic heterocycles. The summed E-state index contributed by atoms with van der Waals surface area (Å²) in [6.07, 6.45) is 0.489. The Morgan fingerprint density at radius 3 is 2.54 bits per heavy atom. The third kappa shape index (κ3) is 5.80. The molecule has 1 aromatic rings. The number of hydrogen-bond acceptors (Lipinski definition) is 6. The second-order valence-electron chi connectivity index (χ2n) is 6.68. The Bertz CT molecular complexity index is 759. The lowest BCUT2D eigenvalue weighted by Crippen LogP contribution is -2.54. The van der Waals surface area contributed by atoms with Crippen molar-refractivity contribution in [2.75, 3.05) is 11.5 Å². The lowest BCUT2D eigenvalue weighted by Gasteiger charge is -2.21. The van der Waals surface area contributed by atoms with Gasteiger partial charge < -0.3 is 5.32 Å². The lowest BCUT2D eigenvalue weighted by atomic mass is 10.0. The first-order chi connectivity index (χ1) is 12.2. The zero-order valence-corrected chi connectivity index (χ0v) is 16.3. The van der Waals surface area contributed by atoms with Gasteiger partial charge in [0.1, 0.15) is 6.04 Å². The molecule has 0 aliphatic carbocycles. The van der Waals surface area contributed by atoms with E-state index in [4.69, 9.17) is 0 Å². The molecule has 0 spiro atoms. The highest BCUT2D eigenvalue weighted by Crippen LogP contribution is 2.21. The molecular formula is C16H23N3O5S2. The topological polar surface area (TPSA) is 121 Å². The van der Waals surface area contributed by atoms with Gasteiger partial charge in [-0.2, -0.15) is 0 Å². The van der Waals surface area contributed by atoms with Crippen LogP contribution >= 0.6 is 11.3 Å². The van der Waals surface area contributed by atoms with Crippen LogP contribution in [0, 0.1) is 11.8 Å². The highest BCUT2D eigenvalue weighted by atomic mass is 32.2. The highest BCUT2D eigenvalue weighted by Gasteiger charge is 2.30. The fourth-order valence-electron chi connectivity index (χ4n) is 2.71. The van der Waals surface area contributed by atoms with Crippen LogP contribution in [-0.2, 0) is 19.4 Å². The van der Waals surface area contributed by atoms with Crippen LogP contribution in [0.15, 0.2) is 17.5 Å². The average Bonchev–Trinajstić information content (AvgIpc) is 3.19. The van der Waals surface area contributed by atoms with Crippen molar-refractivity contribution in [1.82, 2.24) is 16.2 Å². The maximum Gasteiger partial charge on any atom is 0.262 e. The molecule has 3 N–H and O–H groups in total. The van der Waals surface area contributed by atoms with Crippen LogP contribution in [0.1, 0.15) is 36.4 Å². The standard InChI is InChI=1S/C16H23N3O5S2/c1-10(2)14(17-15(21)12-4-3-6-25-12)16(22)19-18-13(20)8-11-5-7-26(23,24)9-11/h3-4,6,10-11,14H,5,7-9H2,1-2H3,(H,17,21)(H,18,20)(H,19,22). The molecule has 1 aliphatic rings. The Labute approximate surface area is 156 Å². The van der Waals surface area contributed by atoms with Crippen molar-refractivity contribution in [3.8, 4) is 0 Å². The Kier molecular flexibility index (Phi) is 6.76. The average molecular weight is 402 g/mol. The molecule has 1 saturated heterocycles. The summed E-state index contributed by atoms with van der Waals surface area (Å²) in [4.78, 5) is 36.8. The minimum atomic E-state index is -3.05. The van der Waals surface area contributed by atoms with Gasteiger partial charge in [-0.3, -0.25) is 25.2 Å². The summed E-state index contributed by atoms with van der Waals surface area (Å²) in [5.74, 6) is -1.64. The summed E-state index contributed by atoms with van der Waals surface area (Å²) in [5.41, 5.74) is 4.61. The number of carbonyl (C=O) groups is 3. The molecule has 26 heavy (non-hydrogen) atoms. The largest absolute Gasteiger partial charge is 0.339 e. The van der Waals surface area contributed by atoms with Crippen LogP contribution in [0.2, 0.25) is 0 Å². The summed E-state index contributed by atoms with van der Waals surface area (Å²) < 4.78 is 22.8. The van der Waals surface area contributed by atoms with Gasteiger partial charge in [0.15, 0.2) is 9.84 Å². The van der Waals surface area contributed by atoms with Gasteiger partial charge in [-0.1, -0.05) is 19.9 Å². The van der Waals surface area contributed by atoms with E-state index in [-0.39, 0.29) is 35.7 Å². The van der Waals surface area contributed by atoms with Crippen LogP contribution in [0.4, 0.5) is 0 Å². The van der Waals surface area contributed by atoms with Crippen molar-refractivity contribution < 1.29 is 22.8 Å². The number of sulfone groups is 1. The van der Waals surface area contributed by atoms with Crippen molar-refractivity contribution in [2.24, 2.45) is 11.8 Å². The molecule has 0 aromatic carbocycles. The molecule has 8 nitrogen and oxygen atoms in total. The Balaban J connectivity index is 1.83. The van der Waals surface area contributed by atoms with E-state index in [1.807, 2.05) is 0 Å². The Morgan fingerprint density at radius 2 is 2.00 bits per heavy atom. The van der Waals surface area contributed by atoms with Crippen LogP contribution in [0.5, 0.6) is 0 Å². The predicted molar refractivity (Wildman–Crippen MR) is 98.1 cm³/mol. The van der Waals surface area contributed by atoms with E-state index in [0.29, 0.717) is 11.3 Å². The fourth-order valence-corrected chi connectivity index (χ4v) is 5.20. The first kappa shape index (κ1) is 20.4. The second-order valence-corrected chi connectivity index (χ2v) is 9.86. The van der Waals surface area contributed by atoms with Crippen molar-refractivity contribution >= 4 is 38.9 Å². The summed E-state index contributed by atoms with van der Waals surface area (Å²) >= 11 is 1.27. The summed E-state index contributed by atoms with van der Waals surface area (Å²) in [6.45, 7) is 3.56. The summed E-state index contributed by atoms with van der Waals surface area (Å²) in [7, 11) is -3.05. The first-order valence-electron chi connectivity index (χ1n) is 8.31. The normalized spacial score (nSPS) is 19.7. The van der Waals surface area contributed by atoms with E-state index in [0.717, 1.165) is 0 Å². The quantitative estimate of drug-likeness (QED) is 0.599. The lowest BCUT2D eigenvalue weighted by molar-refractivity contribution is -0.130. The number of nitrogens with one attached hydrogen (secondary N) is 3. The molecule has 0 radical (unpaired) electrons. The first-order valence-corrected chi connectivity index (χ1v) is 11.0. The number of hydrogen-bond donors (Lipinski definition) is 3. The van der Waals surface area contributed by atoms with Crippen molar-refractivity contribution in [3.05, 3.63) is 22.4 Å². The minimum absolute atomic E-state index is 0.000142. The maximum atomic E-state index is 12.3. The molecule has 144 valence electrons. The molecule has 2 rings (SSSR count). The third-order valence-corrected chi connectivity index (χ3v) is 6.81. The Hall–Kier alpha value is -1.94. The highest BCUT2D eigenvalue weighted by molar-refractivity contribution is 7.91. The predicted octanol–water partition coefficient (Wildman–Crippen LogP) is 0.475. The van der Waals surface area contributed by atoms with Crippen LogP contribution in [-0.4, -0.2) is 43.7 Å². The van der Waals surface area contributed by atoms with E-state index in [2.05, 4.69) is 16.2 Å². The van der Waals surface area contributed by atoms with Crippen molar-refractivity contribution in [1.29, 1.82) is 0 Å². The molecule has 2 unspecified atom stereocenters. The van der Waals surface area contributed by atoms with E-state index < -0.39 is 27.7 Å². The van der Waals surface area contributed by atoms with Gasteiger partial charge in [0.25, 0.3) is 11.8 Å². The monoisotopic (exact) mass is 401 g/mol. The minimum Gasteiger partial charge on any atom is -0.339 e. The second kappa shape index (κ2) is 8.63. The molecule has 1 aromatic heterocycles. The molecule has 0 bridgehead atoms. The van der Waals surface area contributed by atoms with Crippen molar-refractivity contribution in [2.45, 2.75) is 32.7 Å². The smallest absolute Gasteiger partial charge is 0.262 e. The van der Waals surface area contributed by atoms with Gasteiger partial charge in [-0.05, 0) is 29.7 Å². The number of thiophene rings is 1. The number of rotatable bonds is 6.